The van der Waals surface area contributed by atoms with Gasteiger partial charge >= 0.3 is 0 Å². The van der Waals surface area contributed by atoms with Crippen LogP contribution in [0.1, 0.15) is 108 Å². The normalized spacial score (nSPS) is 12.7. The molecule has 5 heteroatoms. The van der Waals surface area contributed by atoms with Crippen molar-refractivity contribution < 1.29 is 31.9 Å². The first kappa shape index (κ1) is 31.9. The van der Waals surface area contributed by atoms with Gasteiger partial charge in [-0.05, 0) is 58.3 Å². The first-order valence-corrected chi connectivity index (χ1v) is 12.8. The Bertz CT molecular complexity index is 882. The molecular weight excluding hydrogens is 629 g/mol. The Morgan fingerprint density at radius 2 is 1.03 bits per heavy atom. The van der Waals surface area contributed by atoms with Crippen LogP contribution < -0.4 is 9.80 Å². The summed E-state index contributed by atoms with van der Waals surface area (Å²) in [4.78, 5) is 14.6. The number of carbonyl (C=O) groups is 1. The number of methoxy groups -OCH3 is 1. The zero-order valence-corrected chi connectivity index (χ0v) is 25.8. The van der Waals surface area contributed by atoms with Crippen LogP contribution in [0.4, 0.5) is 11.4 Å². The second kappa shape index (κ2) is 14.6. The summed E-state index contributed by atoms with van der Waals surface area (Å²) in [6, 6.07) is 13.5. The van der Waals surface area contributed by atoms with Gasteiger partial charge in [0.15, 0.2) is 5.97 Å². The molecule has 0 fully saturated rings. The van der Waals surface area contributed by atoms with E-state index in [1.54, 1.807) is 6.92 Å². The average molecular weight is 674 g/mol. The van der Waals surface area contributed by atoms with Crippen molar-refractivity contribution in [3.63, 3.8) is 0 Å². The zero-order valence-electron chi connectivity index (χ0n) is 23.6. The summed E-state index contributed by atoms with van der Waals surface area (Å²) in [5.74, 6) is 1.64. The number of ether oxygens (including phenoxy) is 1. The second-order valence-corrected chi connectivity index (χ2v) is 10.2. The van der Waals surface area contributed by atoms with Gasteiger partial charge < -0.3 is 14.5 Å². The number of anilines is 2. The molecule has 0 atom stereocenters. The summed E-state index contributed by atoms with van der Waals surface area (Å²) < 4.78 is 4.20. The third-order valence-corrected chi connectivity index (χ3v) is 6.27. The van der Waals surface area contributed by atoms with Crippen molar-refractivity contribution in [3.8, 4) is 0 Å². The van der Waals surface area contributed by atoms with E-state index in [0.29, 0.717) is 23.7 Å². The summed E-state index contributed by atoms with van der Waals surface area (Å²) in [5.41, 5.74) is 8.29. The number of benzene rings is 2. The topological polar surface area (TPSA) is 32.8 Å². The maximum atomic E-state index is 9.90. The number of carbonyl (C=O) groups excluding carboxylic acids is 1. The summed E-state index contributed by atoms with van der Waals surface area (Å²) in [7, 11) is 1.35. The third-order valence-electron chi connectivity index (χ3n) is 6.27. The van der Waals surface area contributed by atoms with Crippen molar-refractivity contribution in [1.82, 2.24) is 0 Å². The fourth-order valence-corrected chi connectivity index (χ4v) is 4.36. The van der Waals surface area contributed by atoms with E-state index < -0.39 is 0 Å². The first-order chi connectivity index (χ1) is 16.5. The Balaban J connectivity index is 0.000000827. The smallest absolute Gasteiger partial charge is 0.166 e. The Labute approximate surface area is 235 Å². The Morgan fingerprint density at radius 3 is 1.22 bits per heavy atom. The molecule has 0 N–H and O–H groups in total. The van der Waals surface area contributed by atoms with Gasteiger partial charge in [0.25, 0.3) is 0 Å². The molecule has 0 spiro atoms. The fourth-order valence-electron chi connectivity index (χ4n) is 4.36. The van der Waals surface area contributed by atoms with Crippen molar-refractivity contribution in [3.05, 3.63) is 84.1 Å². The molecule has 0 aliphatic carbocycles. The molecule has 1 aliphatic rings. The van der Waals surface area contributed by atoms with Gasteiger partial charge in [0.1, 0.15) is 0 Å². The molecule has 0 saturated heterocycles. The van der Waals surface area contributed by atoms with E-state index in [4.69, 9.17) is 0 Å². The SMILES string of the molecule is CC(C)c1cccc(C(C)C)c1N1C=CN(c2c(C(C)C)cccc2C(C)C)[CH-]1.C[CH-]C(=O)OC.[Au]. The molecule has 2 aromatic rings. The Hall–Kier alpha value is -2.14. The molecule has 0 aromatic heterocycles. The summed E-state index contributed by atoms with van der Waals surface area (Å²) in [5, 5.41) is 0. The number of para-hydroxylation sites is 2. The number of rotatable bonds is 7. The van der Waals surface area contributed by atoms with Crippen LogP contribution in [-0.2, 0) is 31.9 Å². The quantitative estimate of drug-likeness (QED) is 0.168. The van der Waals surface area contributed by atoms with E-state index in [-0.39, 0.29) is 28.3 Å². The number of hydrogen-bond acceptors (Lipinski definition) is 4. The largest absolute Gasteiger partial charge is 0.491 e. The fraction of sp³-hybridized carbons (Fsp3) is 0.452. The van der Waals surface area contributed by atoms with Crippen molar-refractivity contribution >= 4 is 17.3 Å². The third kappa shape index (κ3) is 7.68. The van der Waals surface area contributed by atoms with Crippen molar-refractivity contribution in [2.24, 2.45) is 0 Å². The van der Waals surface area contributed by atoms with Crippen LogP contribution in [0.25, 0.3) is 0 Å². The first-order valence-electron chi connectivity index (χ1n) is 12.8. The van der Waals surface area contributed by atoms with Crippen LogP contribution in [0.5, 0.6) is 0 Å². The molecule has 36 heavy (non-hydrogen) atoms. The molecule has 4 nitrogen and oxygen atoms in total. The molecule has 0 bridgehead atoms. The minimum Gasteiger partial charge on any atom is -0.491 e. The van der Waals surface area contributed by atoms with Crippen LogP contribution in [0.3, 0.4) is 0 Å². The van der Waals surface area contributed by atoms with E-state index in [0.717, 1.165) is 0 Å². The van der Waals surface area contributed by atoms with E-state index >= 15 is 0 Å². The minimum absolute atomic E-state index is 0. The maximum absolute atomic E-state index is 9.90. The van der Waals surface area contributed by atoms with Gasteiger partial charge in [0, 0.05) is 33.8 Å². The van der Waals surface area contributed by atoms with Gasteiger partial charge in [-0.15, -0.1) is 6.67 Å². The second-order valence-electron chi connectivity index (χ2n) is 10.2. The molecule has 2 aromatic carbocycles. The molecule has 203 valence electrons. The van der Waals surface area contributed by atoms with Gasteiger partial charge in [-0.1, -0.05) is 91.8 Å². The predicted molar refractivity (Wildman–Crippen MR) is 150 cm³/mol. The predicted octanol–water partition coefficient (Wildman–Crippen LogP) is 8.48. The van der Waals surface area contributed by atoms with Crippen LogP contribution >= 0.6 is 0 Å². The molecule has 3 rings (SSSR count). The molecule has 0 amide bonds. The van der Waals surface area contributed by atoms with Gasteiger partial charge in [0.05, 0.1) is 7.11 Å². The minimum atomic E-state index is -0.282. The summed E-state index contributed by atoms with van der Waals surface area (Å²) in [6.07, 6.45) is 5.79. The van der Waals surface area contributed by atoms with Gasteiger partial charge in [-0.3, -0.25) is 11.2 Å². The van der Waals surface area contributed by atoms with E-state index in [1.807, 2.05) is 0 Å². The van der Waals surface area contributed by atoms with E-state index in [9.17, 15) is 4.79 Å². The molecule has 1 radical (unpaired) electrons. The molecule has 0 saturated carbocycles. The number of hydrogen-bond donors (Lipinski definition) is 0. The van der Waals surface area contributed by atoms with Gasteiger partial charge in [0.2, 0.25) is 0 Å². The number of nitrogens with zero attached hydrogens (tertiary/aromatic N) is 2. The average Bonchev–Trinajstić information content (AvgIpc) is 3.32. The van der Waals surface area contributed by atoms with Crippen molar-refractivity contribution in [2.75, 3.05) is 16.9 Å². The molecule has 1 heterocycles. The standard InChI is InChI=1S/C27H37N2.C4H7O2.Au/c1-18(2)22-11-9-12-23(19(3)4)26(22)28-15-16-29(17-28)27-24(20(5)6)13-10-14-25(27)21(7)8;1-3-4(5)6-2;/h9-21H,1-8H3;3H,1-2H3;/q2*-1;. The van der Waals surface area contributed by atoms with Crippen molar-refractivity contribution in [2.45, 2.75) is 86.0 Å². The Kier molecular flexibility index (Phi) is 12.9. The molecular formula is C31H44AuN2O2-2. The Morgan fingerprint density at radius 1 is 0.722 bits per heavy atom. The monoisotopic (exact) mass is 673 g/mol. The maximum Gasteiger partial charge on any atom is 0.166 e. The van der Waals surface area contributed by atoms with Gasteiger partial charge in [-0.2, -0.15) is 6.92 Å². The van der Waals surface area contributed by atoms with Crippen LogP contribution in [0.2, 0.25) is 0 Å². The summed E-state index contributed by atoms with van der Waals surface area (Å²) >= 11 is 0. The van der Waals surface area contributed by atoms with Gasteiger partial charge in [-0.25, -0.2) is 0 Å². The van der Waals surface area contributed by atoms with Crippen LogP contribution in [0, 0.1) is 13.1 Å². The zero-order chi connectivity index (χ0) is 26.3. The van der Waals surface area contributed by atoms with Crippen LogP contribution in [-0.4, -0.2) is 13.1 Å². The van der Waals surface area contributed by atoms with E-state index in [1.165, 1.54) is 47.2 Å². The van der Waals surface area contributed by atoms with Crippen LogP contribution in [0.15, 0.2) is 48.8 Å². The molecule has 1 aliphatic heterocycles. The number of esters is 1. The van der Waals surface area contributed by atoms with E-state index in [2.05, 4.69) is 125 Å². The van der Waals surface area contributed by atoms with Crippen molar-refractivity contribution in [1.29, 1.82) is 0 Å². The molecule has 0 unspecified atom stereocenters. The summed E-state index contributed by atoms with van der Waals surface area (Å²) in [6.45, 7) is 22.2.